The van der Waals surface area contributed by atoms with Crippen molar-refractivity contribution in [2.75, 3.05) is 10.7 Å². The number of nitrogens with zero attached hydrogens (tertiary/aromatic N) is 3. The lowest BCUT2D eigenvalue weighted by Crippen LogP contribution is -2.12. The predicted molar refractivity (Wildman–Crippen MR) is 83.9 cm³/mol. The standard InChI is InChI=1S/C10H7BrCl2N6O2/c11-4-1-2-5(8(13)7(4)12)16-9-6(19(20)21)3-15-10(17-9)18-14/h1-3H,14H2,(H2,15,16,17,18). The fourth-order valence-corrected chi connectivity index (χ4v) is 2.24. The molecule has 21 heavy (non-hydrogen) atoms. The topological polar surface area (TPSA) is 119 Å². The molecule has 1 heterocycles. The highest BCUT2D eigenvalue weighted by Crippen LogP contribution is 2.38. The summed E-state index contributed by atoms with van der Waals surface area (Å²) in [5.74, 6) is 5.14. The van der Waals surface area contributed by atoms with Gasteiger partial charge in [-0.15, -0.1) is 0 Å². The summed E-state index contributed by atoms with van der Waals surface area (Å²) < 4.78 is 0.598. The highest BCUT2D eigenvalue weighted by atomic mass is 79.9. The molecule has 2 aromatic rings. The number of hydrazine groups is 1. The van der Waals surface area contributed by atoms with Gasteiger partial charge >= 0.3 is 5.69 Å². The SMILES string of the molecule is NNc1ncc([N+](=O)[O-])c(Nc2ccc(Br)c(Cl)c2Cl)n1. The van der Waals surface area contributed by atoms with Crippen molar-refractivity contribution < 1.29 is 4.92 Å². The number of hydrogen-bond donors (Lipinski definition) is 3. The zero-order valence-corrected chi connectivity index (χ0v) is 13.2. The van der Waals surface area contributed by atoms with Gasteiger partial charge in [0.15, 0.2) is 0 Å². The first-order valence-corrected chi connectivity index (χ1v) is 6.87. The van der Waals surface area contributed by atoms with Crippen LogP contribution in [0.25, 0.3) is 0 Å². The fourth-order valence-electron chi connectivity index (χ4n) is 1.42. The average molecular weight is 394 g/mol. The number of nitrogens with one attached hydrogen (secondary N) is 2. The molecule has 0 atom stereocenters. The quantitative estimate of drug-likeness (QED) is 0.314. The summed E-state index contributed by atoms with van der Waals surface area (Å²) in [4.78, 5) is 17.9. The van der Waals surface area contributed by atoms with Crippen LogP contribution in [0.15, 0.2) is 22.8 Å². The molecule has 1 aromatic carbocycles. The Hall–Kier alpha value is -1.68. The Balaban J connectivity index is 2.48. The molecule has 0 aliphatic rings. The van der Waals surface area contributed by atoms with Gasteiger partial charge < -0.3 is 5.32 Å². The Morgan fingerprint density at radius 1 is 1.33 bits per heavy atom. The molecule has 0 spiro atoms. The van der Waals surface area contributed by atoms with Crippen molar-refractivity contribution in [3.05, 3.63) is 43.0 Å². The summed E-state index contributed by atoms with van der Waals surface area (Å²) in [6, 6.07) is 3.24. The van der Waals surface area contributed by atoms with Crippen LogP contribution in [0.2, 0.25) is 10.0 Å². The van der Waals surface area contributed by atoms with E-state index >= 15 is 0 Å². The minimum Gasteiger partial charge on any atom is -0.333 e. The van der Waals surface area contributed by atoms with Crippen LogP contribution in [-0.2, 0) is 0 Å². The number of aromatic nitrogens is 2. The maximum Gasteiger partial charge on any atom is 0.329 e. The zero-order valence-electron chi connectivity index (χ0n) is 10.1. The van der Waals surface area contributed by atoms with Crippen molar-refractivity contribution in [3.8, 4) is 0 Å². The summed E-state index contributed by atoms with van der Waals surface area (Å²) in [7, 11) is 0. The predicted octanol–water partition coefficient (Wildman–Crippen LogP) is 3.48. The molecule has 110 valence electrons. The molecular weight excluding hydrogens is 387 g/mol. The van der Waals surface area contributed by atoms with Crippen LogP contribution in [0.1, 0.15) is 0 Å². The number of hydrogen-bond acceptors (Lipinski definition) is 7. The Bertz CT molecular complexity index is 714. The molecule has 0 radical (unpaired) electrons. The third-order valence-corrected chi connectivity index (χ3v) is 4.15. The van der Waals surface area contributed by atoms with Gasteiger partial charge in [0.1, 0.15) is 6.20 Å². The molecule has 0 aliphatic heterocycles. The van der Waals surface area contributed by atoms with Crippen LogP contribution in [-0.4, -0.2) is 14.9 Å². The number of nitrogen functional groups attached to an aromatic ring is 1. The van der Waals surface area contributed by atoms with E-state index in [1.54, 1.807) is 12.1 Å². The Morgan fingerprint density at radius 2 is 2.05 bits per heavy atom. The molecular formula is C10H7BrCl2N6O2. The lowest BCUT2D eigenvalue weighted by Gasteiger charge is -2.10. The van der Waals surface area contributed by atoms with Gasteiger partial charge in [0.2, 0.25) is 11.8 Å². The maximum atomic E-state index is 11.0. The van der Waals surface area contributed by atoms with Crippen molar-refractivity contribution in [2.45, 2.75) is 0 Å². The number of benzene rings is 1. The van der Waals surface area contributed by atoms with Crippen molar-refractivity contribution in [1.82, 2.24) is 9.97 Å². The molecule has 0 bridgehead atoms. The molecule has 0 aliphatic carbocycles. The number of anilines is 3. The molecule has 0 amide bonds. The molecule has 8 nitrogen and oxygen atoms in total. The van der Waals surface area contributed by atoms with E-state index in [0.717, 1.165) is 6.20 Å². The lowest BCUT2D eigenvalue weighted by atomic mass is 10.3. The van der Waals surface area contributed by atoms with E-state index in [2.05, 4.69) is 36.6 Å². The van der Waals surface area contributed by atoms with Crippen molar-refractivity contribution in [2.24, 2.45) is 5.84 Å². The average Bonchev–Trinajstić information content (AvgIpc) is 2.47. The van der Waals surface area contributed by atoms with E-state index in [9.17, 15) is 10.1 Å². The van der Waals surface area contributed by atoms with E-state index in [4.69, 9.17) is 29.0 Å². The zero-order chi connectivity index (χ0) is 15.6. The van der Waals surface area contributed by atoms with E-state index in [1.807, 2.05) is 0 Å². The van der Waals surface area contributed by atoms with E-state index in [1.165, 1.54) is 0 Å². The summed E-state index contributed by atoms with van der Waals surface area (Å²) in [6.07, 6.45) is 1.03. The monoisotopic (exact) mass is 392 g/mol. The van der Waals surface area contributed by atoms with Crippen LogP contribution in [0, 0.1) is 10.1 Å². The summed E-state index contributed by atoms with van der Waals surface area (Å²) in [6.45, 7) is 0. The van der Waals surface area contributed by atoms with Crippen molar-refractivity contribution >= 4 is 62.3 Å². The molecule has 0 fully saturated rings. The highest BCUT2D eigenvalue weighted by molar-refractivity contribution is 9.10. The Labute approximate surface area is 136 Å². The second kappa shape index (κ2) is 6.39. The van der Waals surface area contributed by atoms with Gasteiger partial charge in [-0.05, 0) is 28.1 Å². The van der Waals surface area contributed by atoms with Crippen molar-refractivity contribution in [1.29, 1.82) is 0 Å². The third kappa shape index (κ3) is 3.32. The van der Waals surface area contributed by atoms with Crippen LogP contribution < -0.4 is 16.6 Å². The molecule has 0 saturated heterocycles. The Kier molecular flexibility index (Phi) is 4.78. The molecule has 1 aromatic heterocycles. The van der Waals surface area contributed by atoms with E-state index in [-0.39, 0.29) is 27.5 Å². The minimum absolute atomic E-state index is 0.0161. The fraction of sp³-hybridized carbons (Fsp3) is 0. The molecule has 0 unspecified atom stereocenters. The first-order chi connectivity index (χ1) is 9.93. The first kappa shape index (κ1) is 15.7. The van der Waals surface area contributed by atoms with Gasteiger partial charge in [-0.2, -0.15) is 4.98 Å². The number of rotatable bonds is 4. The van der Waals surface area contributed by atoms with Gasteiger partial charge in [0.05, 0.1) is 20.7 Å². The maximum absolute atomic E-state index is 11.0. The van der Waals surface area contributed by atoms with Gasteiger partial charge in [-0.1, -0.05) is 23.2 Å². The highest BCUT2D eigenvalue weighted by Gasteiger charge is 2.19. The summed E-state index contributed by atoms with van der Waals surface area (Å²) in [5.41, 5.74) is 2.23. The number of halogens is 3. The van der Waals surface area contributed by atoms with Crippen LogP contribution >= 0.6 is 39.1 Å². The van der Waals surface area contributed by atoms with Gasteiger partial charge in [-0.3, -0.25) is 15.5 Å². The number of nitro groups is 1. The molecule has 11 heteroatoms. The number of nitrogens with two attached hydrogens (primary N) is 1. The minimum atomic E-state index is -0.628. The first-order valence-electron chi connectivity index (χ1n) is 5.32. The molecule has 4 N–H and O–H groups in total. The lowest BCUT2D eigenvalue weighted by molar-refractivity contribution is -0.384. The van der Waals surface area contributed by atoms with Gasteiger partial charge in [0, 0.05) is 4.47 Å². The van der Waals surface area contributed by atoms with E-state index < -0.39 is 4.92 Å². The summed E-state index contributed by atoms with van der Waals surface area (Å²) in [5, 5.41) is 14.2. The summed E-state index contributed by atoms with van der Waals surface area (Å²) >= 11 is 15.3. The molecule has 2 rings (SSSR count). The normalized spacial score (nSPS) is 10.3. The Morgan fingerprint density at radius 3 is 2.67 bits per heavy atom. The van der Waals surface area contributed by atoms with Crippen molar-refractivity contribution in [3.63, 3.8) is 0 Å². The smallest absolute Gasteiger partial charge is 0.329 e. The van der Waals surface area contributed by atoms with Gasteiger partial charge in [-0.25, -0.2) is 10.8 Å². The third-order valence-electron chi connectivity index (χ3n) is 2.38. The van der Waals surface area contributed by atoms with Crippen LogP contribution in [0.5, 0.6) is 0 Å². The largest absolute Gasteiger partial charge is 0.333 e. The second-order valence-corrected chi connectivity index (χ2v) is 5.29. The van der Waals surface area contributed by atoms with Gasteiger partial charge in [0.25, 0.3) is 0 Å². The van der Waals surface area contributed by atoms with Crippen LogP contribution in [0.3, 0.4) is 0 Å². The molecule has 0 saturated carbocycles. The van der Waals surface area contributed by atoms with Crippen LogP contribution in [0.4, 0.5) is 23.1 Å². The van der Waals surface area contributed by atoms with E-state index in [0.29, 0.717) is 10.2 Å². The second-order valence-electron chi connectivity index (χ2n) is 3.68.